The molecule has 0 saturated carbocycles. The quantitative estimate of drug-likeness (QED) is 0.328. The van der Waals surface area contributed by atoms with Crippen molar-refractivity contribution in [2.45, 2.75) is 26.1 Å². The molecule has 0 amide bonds. The lowest BCUT2D eigenvalue weighted by atomic mass is 9.95. The van der Waals surface area contributed by atoms with Crippen LogP contribution >= 0.6 is 0 Å². The summed E-state index contributed by atoms with van der Waals surface area (Å²) in [4.78, 5) is 56.0. The Labute approximate surface area is 141 Å². The van der Waals surface area contributed by atoms with Crippen LogP contribution < -0.4 is 0 Å². The van der Waals surface area contributed by atoms with Crippen molar-refractivity contribution in [3.05, 3.63) is 0 Å². The van der Waals surface area contributed by atoms with E-state index < -0.39 is 61.6 Å². The van der Waals surface area contributed by atoms with E-state index in [4.69, 9.17) is 5.11 Å². The van der Waals surface area contributed by atoms with Gasteiger partial charge >= 0.3 is 29.8 Å². The molecule has 0 aliphatic carbocycles. The number of carboxylic acids is 1. The van der Waals surface area contributed by atoms with Crippen LogP contribution in [0.5, 0.6) is 0 Å². The summed E-state index contributed by atoms with van der Waals surface area (Å²) in [7, 11) is 0.919. The summed E-state index contributed by atoms with van der Waals surface area (Å²) < 4.78 is 22.1. The van der Waals surface area contributed by atoms with Crippen LogP contribution in [0, 0.1) is 5.92 Å². The molecule has 0 aliphatic rings. The minimum atomic E-state index is -2.32. The number of ether oxygens (including phenoxy) is 5. The summed E-state index contributed by atoms with van der Waals surface area (Å²) >= 11 is 0. The first kappa shape index (κ1) is 22.3. The smallest absolute Gasteiger partial charge is 0.338 e. The Kier molecular flexibility index (Phi) is 9.74. The molecule has 0 aromatic rings. The van der Waals surface area contributed by atoms with Gasteiger partial charge < -0.3 is 33.9 Å². The average Bonchev–Trinajstić information content (AvgIpc) is 2.50. The molecular weight excluding hydrogens is 348 g/mol. The zero-order valence-electron chi connectivity index (χ0n) is 13.6. The molecule has 0 bridgehead atoms. The number of carbonyl (C=O) groups excluding carboxylic acids is 4. The van der Waals surface area contributed by atoms with Gasteiger partial charge in [0.25, 0.3) is 0 Å². The third-order valence-corrected chi connectivity index (χ3v) is 2.60. The molecule has 2 N–H and O–H groups in total. The molecule has 25 heavy (non-hydrogen) atoms. The predicted molar refractivity (Wildman–Crippen MR) is 73.4 cm³/mol. The van der Waals surface area contributed by atoms with Gasteiger partial charge in [-0.25, -0.2) is 9.59 Å². The fraction of sp³-hybridized carbons (Fsp3) is 0.615. The highest BCUT2D eigenvalue weighted by molar-refractivity contribution is 5.89. The van der Waals surface area contributed by atoms with Crippen molar-refractivity contribution in [3.63, 3.8) is 0 Å². The number of carboxylic acid groups (broad SMARTS) is 1. The highest BCUT2D eigenvalue weighted by Crippen LogP contribution is 2.17. The van der Waals surface area contributed by atoms with Crippen LogP contribution in [-0.2, 0) is 47.7 Å². The molecule has 0 aromatic heterocycles. The van der Waals surface area contributed by atoms with E-state index in [1.54, 1.807) is 0 Å². The third kappa shape index (κ3) is 8.08. The van der Waals surface area contributed by atoms with E-state index in [0.717, 1.165) is 21.0 Å². The van der Waals surface area contributed by atoms with Crippen LogP contribution in [0.25, 0.3) is 0 Å². The van der Waals surface area contributed by atoms with Gasteiger partial charge in [-0.05, 0) is 0 Å². The lowest BCUT2D eigenvalue weighted by molar-refractivity contribution is -0.191. The molecular formula is C13H18O12. The van der Waals surface area contributed by atoms with Crippen LogP contribution in [-0.4, -0.2) is 73.0 Å². The van der Waals surface area contributed by atoms with Crippen molar-refractivity contribution >= 4 is 29.8 Å². The number of hydrogen-bond acceptors (Lipinski definition) is 11. The second kappa shape index (κ2) is 10.9. The van der Waals surface area contributed by atoms with Gasteiger partial charge in [0.05, 0.1) is 0 Å². The molecule has 0 heterocycles. The van der Waals surface area contributed by atoms with Crippen LogP contribution in [0.4, 0.5) is 0 Å². The Balaban J connectivity index is 5.12. The highest BCUT2D eigenvalue weighted by Gasteiger charge is 2.44. The fourth-order valence-corrected chi connectivity index (χ4v) is 1.49. The van der Waals surface area contributed by atoms with Gasteiger partial charge in [0.1, 0.15) is 5.92 Å². The molecule has 0 fully saturated rings. The summed E-state index contributed by atoms with van der Waals surface area (Å²) in [6, 6.07) is 0. The van der Waals surface area contributed by atoms with E-state index in [1.807, 2.05) is 0 Å². The summed E-state index contributed by atoms with van der Waals surface area (Å²) in [5, 5.41) is 18.9. The molecule has 12 heteroatoms. The molecule has 142 valence electrons. The molecule has 3 atom stereocenters. The molecule has 12 nitrogen and oxygen atoms in total. The van der Waals surface area contributed by atoms with E-state index >= 15 is 0 Å². The van der Waals surface area contributed by atoms with Gasteiger partial charge in [-0.2, -0.15) is 0 Å². The molecule has 0 aliphatic heterocycles. The molecule has 0 aromatic carbocycles. The van der Waals surface area contributed by atoms with Gasteiger partial charge in [0.2, 0.25) is 13.6 Å². The topological polar surface area (TPSA) is 172 Å². The molecule has 0 spiro atoms. The Hall–Kier alpha value is -2.73. The van der Waals surface area contributed by atoms with E-state index in [9.17, 15) is 29.1 Å². The lowest BCUT2D eigenvalue weighted by Crippen LogP contribution is -2.48. The zero-order valence-corrected chi connectivity index (χ0v) is 13.6. The standard InChI is InChI=1S/C13H18O12/c1-6(14)22-4-24-12(19)8(10(21-3)11(17)18)9(16)13(20)25-5-23-7(2)15/h8-10,16H,4-5H2,1-3H3,(H,17,18). The Morgan fingerprint density at radius 1 is 0.840 bits per heavy atom. The zero-order chi connectivity index (χ0) is 19.6. The second-order valence-corrected chi connectivity index (χ2v) is 4.40. The Morgan fingerprint density at radius 3 is 1.64 bits per heavy atom. The van der Waals surface area contributed by atoms with Crippen molar-refractivity contribution in [1.82, 2.24) is 0 Å². The van der Waals surface area contributed by atoms with Gasteiger partial charge in [0, 0.05) is 21.0 Å². The second-order valence-electron chi connectivity index (χ2n) is 4.40. The van der Waals surface area contributed by atoms with E-state index in [0.29, 0.717) is 0 Å². The van der Waals surface area contributed by atoms with Crippen LogP contribution in [0.2, 0.25) is 0 Å². The van der Waals surface area contributed by atoms with Crippen molar-refractivity contribution < 1.29 is 57.9 Å². The first-order valence-corrected chi connectivity index (χ1v) is 6.65. The largest absolute Gasteiger partial charge is 0.479 e. The minimum Gasteiger partial charge on any atom is -0.479 e. The Bertz CT molecular complexity index is 513. The first-order valence-electron chi connectivity index (χ1n) is 6.65. The van der Waals surface area contributed by atoms with E-state index in [1.165, 1.54) is 0 Å². The highest BCUT2D eigenvalue weighted by atomic mass is 16.7. The maximum absolute atomic E-state index is 11.9. The number of methoxy groups -OCH3 is 1. The SMILES string of the molecule is COC(C(=O)O)C(C(=O)OCOC(C)=O)C(O)C(=O)OCOC(C)=O. The summed E-state index contributed by atoms with van der Waals surface area (Å²) in [6.45, 7) is 0.341. The average molecular weight is 366 g/mol. The van der Waals surface area contributed by atoms with Crippen molar-refractivity contribution in [1.29, 1.82) is 0 Å². The van der Waals surface area contributed by atoms with Crippen molar-refractivity contribution in [2.24, 2.45) is 5.92 Å². The van der Waals surface area contributed by atoms with E-state index in [2.05, 4.69) is 23.7 Å². The summed E-state index contributed by atoms with van der Waals surface area (Å²) in [6.07, 6.45) is -4.29. The van der Waals surface area contributed by atoms with Gasteiger partial charge in [-0.1, -0.05) is 0 Å². The third-order valence-electron chi connectivity index (χ3n) is 2.60. The molecule has 0 saturated heterocycles. The van der Waals surface area contributed by atoms with Crippen LogP contribution in [0.15, 0.2) is 0 Å². The van der Waals surface area contributed by atoms with Crippen molar-refractivity contribution in [2.75, 3.05) is 20.7 Å². The lowest BCUT2D eigenvalue weighted by Gasteiger charge is -2.24. The minimum absolute atomic E-state index is 0.778. The normalized spacial score (nSPS) is 13.8. The number of rotatable bonds is 10. The number of aliphatic hydroxyl groups is 1. The van der Waals surface area contributed by atoms with Gasteiger partial charge in [-0.15, -0.1) is 0 Å². The number of carbonyl (C=O) groups is 5. The summed E-state index contributed by atoms with van der Waals surface area (Å²) in [5.41, 5.74) is 0. The summed E-state index contributed by atoms with van der Waals surface area (Å²) in [5.74, 6) is -8.13. The fourth-order valence-electron chi connectivity index (χ4n) is 1.49. The first-order chi connectivity index (χ1) is 11.6. The number of aliphatic hydroxyl groups excluding tert-OH is 1. The van der Waals surface area contributed by atoms with Gasteiger partial charge in [0.15, 0.2) is 12.2 Å². The van der Waals surface area contributed by atoms with Crippen LogP contribution in [0.1, 0.15) is 13.8 Å². The molecule has 3 unspecified atom stereocenters. The van der Waals surface area contributed by atoms with E-state index in [-0.39, 0.29) is 0 Å². The molecule has 0 rings (SSSR count). The monoisotopic (exact) mass is 366 g/mol. The van der Waals surface area contributed by atoms with Crippen LogP contribution in [0.3, 0.4) is 0 Å². The maximum Gasteiger partial charge on any atom is 0.338 e. The maximum atomic E-state index is 11.9. The predicted octanol–water partition coefficient (Wildman–Crippen LogP) is -1.81. The van der Waals surface area contributed by atoms with Gasteiger partial charge in [-0.3, -0.25) is 14.4 Å². The number of aliphatic carboxylic acids is 1. The molecule has 0 radical (unpaired) electrons. The number of hydrogen-bond donors (Lipinski definition) is 2. The number of esters is 4. The van der Waals surface area contributed by atoms with Crippen molar-refractivity contribution in [3.8, 4) is 0 Å². The Morgan fingerprint density at radius 2 is 1.28 bits per heavy atom.